The molecule has 1 aromatic heterocycles. The van der Waals surface area contributed by atoms with E-state index in [0.29, 0.717) is 22.9 Å². The molecular formula is C22H17N5O. The van der Waals surface area contributed by atoms with Crippen LogP contribution >= 0.6 is 0 Å². The van der Waals surface area contributed by atoms with Gasteiger partial charge in [-0.3, -0.25) is 4.79 Å². The van der Waals surface area contributed by atoms with Crippen LogP contribution in [0.2, 0.25) is 0 Å². The maximum Gasteiger partial charge on any atom is 0.258 e. The van der Waals surface area contributed by atoms with Gasteiger partial charge in [-0.1, -0.05) is 42.5 Å². The molecule has 0 radical (unpaired) electrons. The summed E-state index contributed by atoms with van der Waals surface area (Å²) < 4.78 is 0. The van der Waals surface area contributed by atoms with E-state index in [2.05, 4.69) is 20.6 Å². The molecule has 1 aliphatic heterocycles. The summed E-state index contributed by atoms with van der Waals surface area (Å²) >= 11 is 0. The van der Waals surface area contributed by atoms with Gasteiger partial charge in [0, 0.05) is 16.9 Å². The van der Waals surface area contributed by atoms with Gasteiger partial charge in [0.25, 0.3) is 5.91 Å². The number of aromatic nitrogens is 2. The monoisotopic (exact) mass is 367 g/mol. The number of rotatable bonds is 3. The van der Waals surface area contributed by atoms with E-state index in [9.17, 15) is 4.79 Å². The molecule has 5 N–H and O–H groups in total. The standard InChI is InChI=1S/C22H17N5O/c23-14-10-11-16-15(12-14)19(21(28)24-16)20(13-6-2-1-3-7-13)27-22-25-17-8-4-5-9-18(17)26-22/h1-12H,23H2,(H,24,28)(H2,25,26,27)/b20-19-. The Morgan fingerprint density at radius 1 is 0.964 bits per heavy atom. The van der Waals surface area contributed by atoms with Crippen LogP contribution in [0, 0.1) is 0 Å². The smallest absolute Gasteiger partial charge is 0.258 e. The molecule has 3 aromatic carbocycles. The number of imidazole rings is 1. The van der Waals surface area contributed by atoms with Gasteiger partial charge in [-0.2, -0.15) is 0 Å². The predicted octanol–water partition coefficient (Wildman–Crippen LogP) is 4.08. The number of nitrogen functional groups attached to an aromatic ring is 1. The second kappa shape index (κ2) is 6.28. The molecule has 0 unspecified atom stereocenters. The van der Waals surface area contributed by atoms with Crippen LogP contribution in [-0.4, -0.2) is 15.9 Å². The Morgan fingerprint density at radius 3 is 2.57 bits per heavy atom. The van der Waals surface area contributed by atoms with Crippen LogP contribution in [0.25, 0.3) is 22.3 Å². The molecule has 1 amide bonds. The number of para-hydroxylation sites is 2. The van der Waals surface area contributed by atoms with E-state index < -0.39 is 0 Å². The SMILES string of the molecule is Nc1ccc2c(c1)/C(=C(/Nc1nc3ccccc3[nH]1)c1ccccc1)C(=O)N2. The Hall–Kier alpha value is -4.06. The van der Waals surface area contributed by atoms with Crippen molar-refractivity contribution in [2.75, 3.05) is 16.4 Å². The van der Waals surface area contributed by atoms with Gasteiger partial charge in [-0.15, -0.1) is 0 Å². The van der Waals surface area contributed by atoms with Crippen LogP contribution in [0.4, 0.5) is 17.3 Å². The molecule has 6 nitrogen and oxygen atoms in total. The van der Waals surface area contributed by atoms with E-state index in [0.717, 1.165) is 27.8 Å². The zero-order valence-electron chi connectivity index (χ0n) is 14.9. The predicted molar refractivity (Wildman–Crippen MR) is 112 cm³/mol. The van der Waals surface area contributed by atoms with Crippen LogP contribution in [0.15, 0.2) is 72.8 Å². The maximum atomic E-state index is 12.8. The van der Waals surface area contributed by atoms with Gasteiger partial charge < -0.3 is 21.4 Å². The van der Waals surface area contributed by atoms with E-state index in [4.69, 9.17) is 5.73 Å². The molecule has 4 aromatic rings. The lowest BCUT2D eigenvalue weighted by Gasteiger charge is -2.13. The average molecular weight is 367 g/mol. The normalized spacial score (nSPS) is 14.6. The van der Waals surface area contributed by atoms with Crippen molar-refractivity contribution in [3.8, 4) is 0 Å². The van der Waals surface area contributed by atoms with Crippen molar-refractivity contribution in [1.29, 1.82) is 0 Å². The number of anilines is 3. The van der Waals surface area contributed by atoms with Gasteiger partial charge in [-0.05, 0) is 35.9 Å². The summed E-state index contributed by atoms with van der Waals surface area (Å²) in [7, 11) is 0. The van der Waals surface area contributed by atoms with Crippen LogP contribution in [-0.2, 0) is 4.79 Å². The molecule has 0 aliphatic carbocycles. The summed E-state index contributed by atoms with van der Waals surface area (Å²) in [6.07, 6.45) is 0. The zero-order chi connectivity index (χ0) is 19.1. The number of benzene rings is 3. The van der Waals surface area contributed by atoms with Crippen LogP contribution < -0.4 is 16.4 Å². The largest absolute Gasteiger partial charge is 0.399 e. The molecule has 6 heteroatoms. The summed E-state index contributed by atoms with van der Waals surface area (Å²) in [5, 5.41) is 6.24. The van der Waals surface area contributed by atoms with E-state index in [-0.39, 0.29) is 5.91 Å². The number of nitrogens with one attached hydrogen (secondary N) is 3. The number of H-pyrrole nitrogens is 1. The summed E-state index contributed by atoms with van der Waals surface area (Å²) in [6, 6.07) is 22.9. The molecule has 1 aliphatic rings. The van der Waals surface area contributed by atoms with Crippen LogP contribution in [0.5, 0.6) is 0 Å². The van der Waals surface area contributed by atoms with Crippen molar-refractivity contribution in [3.05, 3.63) is 83.9 Å². The molecule has 0 saturated heterocycles. The molecule has 28 heavy (non-hydrogen) atoms. The fourth-order valence-corrected chi connectivity index (χ4v) is 3.45. The van der Waals surface area contributed by atoms with Gasteiger partial charge in [-0.25, -0.2) is 4.98 Å². The Bertz CT molecular complexity index is 1210. The van der Waals surface area contributed by atoms with Gasteiger partial charge >= 0.3 is 0 Å². The molecule has 0 saturated carbocycles. The molecule has 0 fully saturated rings. The highest BCUT2D eigenvalue weighted by atomic mass is 16.2. The number of nitrogens with zero attached hydrogens (tertiary/aromatic N) is 1. The molecule has 136 valence electrons. The number of aromatic amines is 1. The fourth-order valence-electron chi connectivity index (χ4n) is 3.45. The highest BCUT2D eigenvalue weighted by Crippen LogP contribution is 2.38. The number of fused-ring (bicyclic) bond motifs is 2. The quantitative estimate of drug-likeness (QED) is 0.324. The van der Waals surface area contributed by atoms with Gasteiger partial charge in [0.2, 0.25) is 5.95 Å². The lowest BCUT2D eigenvalue weighted by atomic mass is 10.00. The van der Waals surface area contributed by atoms with E-state index in [1.807, 2.05) is 66.7 Å². The van der Waals surface area contributed by atoms with Crippen LogP contribution in [0.1, 0.15) is 11.1 Å². The first-order valence-corrected chi connectivity index (χ1v) is 8.92. The minimum atomic E-state index is -0.178. The molecule has 5 rings (SSSR count). The first-order chi connectivity index (χ1) is 13.7. The molecule has 2 heterocycles. The number of hydrogen-bond acceptors (Lipinski definition) is 4. The number of nitrogens with two attached hydrogens (primary N) is 1. The average Bonchev–Trinajstić information content (AvgIpc) is 3.26. The Morgan fingerprint density at radius 2 is 1.75 bits per heavy atom. The van der Waals surface area contributed by atoms with Crippen LogP contribution in [0.3, 0.4) is 0 Å². The van der Waals surface area contributed by atoms with Gasteiger partial charge in [0.15, 0.2) is 0 Å². The third kappa shape index (κ3) is 2.68. The Kier molecular flexibility index (Phi) is 3.62. The summed E-state index contributed by atoms with van der Waals surface area (Å²) in [6.45, 7) is 0. The number of amides is 1. The van der Waals surface area contributed by atoms with Crippen molar-refractivity contribution in [2.24, 2.45) is 0 Å². The molecule has 0 spiro atoms. The van der Waals surface area contributed by atoms with E-state index >= 15 is 0 Å². The van der Waals surface area contributed by atoms with Gasteiger partial charge in [0.1, 0.15) is 0 Å². The summed E-state index contributed by atoms with van der Waals surface area (Å²) in [4.78, 5) is 20.7. The fraction of sp³-hybridized carbons (Fsp3) is 0. The lowest BCUT2D eigenvalue weighted by Crippen LogP contribution is -2.10. The number of hydrogen-bond donors (Lipinski definition) is 4. The summed E-state index contributed by atoms with van der Waals surface area (Å²) in [5.41, 5.74) is 11.9. The van der Waals surface area contributed by atoms with Crippen molar-refractivity contribution in [1.82, 2.24) is 9.97 Å². The number of carbonyl (C=O) groups excluding carboxylic acids is 1. The summed E-state index contributed by atoms with van der Waals surface area (Å²) in [5.74, 6) is 0.390. The van der Waals surface area contributed by atoms with Crippen molar-refractivity contribution >= 4 is 45.5 Å². The topological polar surface area (TPSA) is 95.8 Å². The Labute approximate surface area is 161 Å². The van der Waals surface area contributed by atoms with Crippen molar-refractivity contribution in [3.63, 3.8) is 0 Å². The lowest BCUT2D eigenvalue weighted by molar-refractivity contribution is -0.110. The highest BCUT2D eigenvalue weighted by molar-refractivity contribution is 6.37. The first-order valence-electron chi connectivity index (χ1n) is 8.92. The Balaban J connectivity index is 1.71. The second-order valence-electron chi connectivity index (χ2n) is 6.60. The molecule has 0 bridgehead atoms. The second-order valence-corrected chi connectivity index (χ2v) is 6.60. The third-order valence-electron chi connectivity index (χ3n) is 4.73. The third-order valence-corrected chi connectivity index (χ3v) is 4.73. The molecular weight excluding hydrogens is 350 g/mol. The minimum Gasteiger partial charge on any atom is -0.399 e. The zero-order valence-corrected chi connectivity index (χ0v) is 14.9. The van der Waals surface area contributed by atoms with Crippen molar-refractivity contribution in [2.45, 2.75) is 0 Å². The molecule has 0 atom stereocenters. The first kappa shape index (κ1) is 16.1. The maximum absolute atomic E-state index is 12.8. The minimum absolute atomic E-state index is 0.178. The van der Waals surface area contributed by atoms with E-state index in [1.54, 1.807) is 6.07 Å². The number of carbonyl (C=O) groups is 1. The van der Waals surface area contributed by atoms with Crippen molar-refractivity contribution < 1.29 is 4.79 Å². The highest BCUT2D eigenvalue weighted by Gasteiger charge is 2.28. The van der Waals surface area contributed by atoms with Gasteiger partial charge in [0.05, 0.1) is 22.3 Å². The van der Waals surface area contributed by atoms with E-state index in [1.165, 1.54) is 0 Å².